The van der Waals surface area contributed by atoms with Gasteiger partial charge >= 0.3 is 33.6 Å². The number of rotatable bonds is 0. The van der Waals surface area contributed by atoms with E-state index in [1.54, 1.807) is 0 Å². The molecule has 2 aliphatic rings. The van der Waals surface area contributed by atoms with Crippen molar-refractivity contribution in [2.45, 2.75) is 0 Å². The van der Waals surface area contributed by atoms with E-state index < -0.39 is 11.9 Å². The molecule has 2 aliphatic heterocycles. The first-order valence-corrected chi connectivity index (χ1v) is 12.6. The first-order valence-electron chi connectivity index (χ1n) is 12.6. The summed E-state index contributed by atoms with van der Waals surface area (Å²) in [5.74, 6) is -4.37. The molecule has 6 rings (SSSR count). The summed E-state index contributed by atoms with van der Waals surface area (Å²) in [4.78, 5) is 33.9. The number of aliphatic hydroxyl groups is 4. The molecule has 0 unspecified atom stereocenters. The number of H-pyrrole nitrogens is 2. The number of aliphatic hydroxyl groups excluding tert-OH is 4. The Morgan fingerprint density at radius 2 is 0.851 bits per heavy atom. The van der Waals surface area contributed by atoms with Crippen molar-refractivity contribution < 1.29 is 90.9 Å². The molecule has 12 nitrogen and oxygen atoms in total. The van der Waals surface area contributed by atoms with Crippen molar-refractivity contribution in [3.63, 3.8) is 0 Å². The SMILES string of the molecule is C1=Cc2cc3ccc(cc4ccc(cc5nc(cc1n2)C=C5)[nH]4)[nH]3.CO.CO.CO.CO.O=C([O-])C(=O)[O-].[Co+2].[Co+2].[Fe].[c-]1ccccc1. The minimum Gasteiger partial charge on any atom is -0.543 e. The van der Waals surface area contributed by atoms with E-state index in [0.717, 1.165) is 73.3 Å². The summed E-state index contributed by atoms with van der Waals surface area (Å²) in [5, 5.41) is 45.9. The maximum absolute atomic E-state index is 8.93. The number of aromatic nitrogens is 4. The summed E-state index contributed by atoms with van der Waals surface area (Å²) in [6.45, 7) is 0. The maximum atomic E-state index is 8.93. The largest absolute Gasteiger partial charge is 2.00 e. The van der Waals surface area contributed by atoms with E-state index in [1.165, 1.54) is 0 Å². The quantitative estimate of drug-likeness (QED) is 0.0732. The van der Waals surface area contributed by atoms with Crippen LogP contribution in [0.5, 0.6) is 0 Å². The first-order chi connectivity index (χ1) is 21.4. The van der Waals surface area contributed by atoms with E-state index in [1.807, 2.05) is 72.8 Å². The molecule has 0 saturated carbocycles. The Morgan fingerprint density at radius 1 is 0.553 bits per heavy atom. The van der Waals surface area contributed by atoms with Gasteiger partial charge in [-0.05, 0) is 72.8 Å². The van der Waals surface area contributed by atoms with Crippen LogP contribution < -0.4 is 10.2 Å². The number of aromatic amines is 2. The molecule has 4 aromatic rings. The monoisotopic (exact) mass is 777 g/mol. The fourth-order valence-corrected chi connectivity index (χ4v) is 3.29. The van der Waals surface area contributed by atoms with Crippen molar-refractivity contribution in [3.8, 4) is 0 Å². The summed E-state index contributed by atoms with van der Waals surface area (Å²) in [7, 11) is 4.00. The second kappa shape index (κ2) is 30.8. The molecule has 3 aromatic heterocycles. The molecular weight excluding hydrogens is 742 g/mol. The molecule has 0 spiro atoms. The molecule has 0 amide bonds. The van der Waals surface area contributed by atoms with Crippen LogP contribution >= 0.6 is 0 Å². The van der Waals surface area contributed by atoms with Gasteiger partial charge in [0.1, 0.15) is 0 Å². The Morgan fingerprint density at radius 3 is 1.11 bits per heavy atom. The van der Waals surface area contributed by atoms with E-state index >= 15 is 0 Å². The van der Waals surface area contributed by atoms with E-state index in [9.17, 15) is 0 Å². The zero-order valence-electron chi connectivity index (χ0n) is 25.7. The van der Waals surface area contributed by atoms with Gasteiger partial charge in [0.25, 0.3) is 0 Å². The van der Waals surface area contributed by atoms with Crippen molar-refractivity contribution in [2.24, 2.45) is 0 Å². The molecule has 47 heavy (non-hydrogen) atoms. The third kappa shape index (κ3) is 20.1. The van der Waals surface area contributed by atoms with Crippen LogP contribution in [-0.2, 0) is 60.2 Å². The number of carbonyl (C=O) groups is 2. The standard InChI is InChI=1S/C20H14N4.C6H5.C2H2O4.4CH4O.2Co.Fe/c1-2-14-10-16-5-6-18(23-16)12-20-8-7-19(24-20)11-17-4-3-15(22-17)9-13(1)21-14;1-2-4-6-5-3-1;3-1(4)2(5)6;4*1-2;;;/h1-12,21-22H;1-5H;(H,3,4)(H,5,6);4*2H,1H3;;;/q;-1;;;;;;2*+2;/p-2. The number of fused-ring (bicyclic) bond motifs is 8. The second-order valence-corrected chi connectivity index (χ2v) is 7.56. The van der Waals surface area contributed by atoms with Gasteiger partial charge in [-0.3, -0.25) is 0 Å². The van der Waals surface area contributed by atoms with E-state index in [4.69, 9.17) is 40.2 Å². The van der Waals surface area contributed by atoms with Crippen LogP contribution in [0.4, 0.5) is 0 Å². The summed E-state index contributed by atoms with van der Waals surface area (Å²) < 4.78 is 0. The van der Waals surface area contributed by atoms with Gasteiger partial charge in [-0.25, -0.2) is 9.97 Å². The first kappa shape index (κ1) is 50.0. The summed E-state index contributed by atoms with van der Waals surface area (Å²) in [5.41, 5.74) is 7.86. The number of aliphatic carboxylic acids is 2. The van der Waals surface area contributed by atoms with Gasteiger partial charge in [-0.2, -0.15) is 36.4 Å². The number of hydrogen-bond donors (Lipinski definition) is 6. The van der Waals surface area contributed by atoms with Gasteiger partial charge in [-0.15, -0.1) is 0 Å². The van der Waals surface area contributed by atoms with Crippen LogP contribution in [0.2, 0.25) is 0 Å². The molecule has 0 atom stereocenters. The summed E-state index contributed by atoms with van der Waals surface area (Å²) in [6.07, 6.45) is 8.05. The van der Waals surface area contributed by atoms with Crippen molar-refractivity contribution in [3.05, 3.63) is 108 Å². The Balaban J connectivity index is -0.000000339. The zero-order valence-corrected chi connectivity index (χ0v) is 28.8. The van der Waals surface area contributed by atoms with E-state index in [2.05, 4.69) is 56.3 Å². The second-order valence-electron chi connectivity index (χ2n) is 7.56. The number of nitrogens with zero attached hydrogens (tertiary/aromatic N) is 2. The minimum atomic E-state index is -2.19. The Kier molecular flexibility index (Phi) is 32.7. The predicted octanol–water partition coefficient (Wildman–Crippen LogP) is 1.06. The van der Waals surface area contributed by atoms with Crippen LogP contribution in [0.15, 0.2) is 78.9 Å². The van der Waals surface area contributed by atoms with Gasteiger partial charge in [0, 0.05) is 67.6 Å². The van der Waals surface area contributed by atoms with Crippen LogP contribution in [0.25, 0.3) is 46.4 Å². The van der Waals surface area contributed by atoms with Crippen molar-refractivity contribution in [2.75, 3.05) is 28.4 Å². The van der Waals surface area contributed by atoms with E-state index in [0.29, 0.717) is 0 Å². The molecule has 0 saturated heterocycles. The predicted molar refractivity (Wildman–Crippen MR) is 167 cm³/mol. The summed E-state index contributed by atoms with van der Waals surface area (Å²) >= 11 is 0. The molecule has 15 heteroatoms. The van der Waals surface area contributed by atoms with Gasteiger partial charge in [0.2, 0.25) is 0 Å². The van der Waals surface area contributed by atoms with Gasteiger partial charge in [-0.1, -0.05) is 0 Å². The number of carboxylic acid groups (broad SMARTS) is 2. The molecule has 1 aromatic carbocycles. The number of carboxylic acids is 2. The van der Waals surface area contributed by atoms with Crippen molar-refractivity contribution in [1.82, 2.24) is 19.9 Å². The third-order valence-corrected chi connectivity index (χ3v) is 4.82. The average molecular weight is 777 g/mol. The van der Waals surface area contributed by atoms with Crippen molar-refractivity contribution in [1.29, 1.82) is 0 Å². The molecule has 2 radical (unpaired) electrons. The van der Waals surface area contributed by atoms with Crippen LogP contribution in [0.1, 0.15) is 22.8 Å². The zero-order chi connectivity index (χ0) is 33.3. The Hall–Kier alpha value is -3.87. The Labute approximate surface area is 303 Å². The van der Waals surface area contributed by atoms with E-state index in [-0.39, 0.29) is 50.6 Å². The Bertz CT molecular complexity index is 1500. The normalized spacial score (nSPS) is 8.94. The van der Waals surface area contributed by atoms with Gasteiger partial charge in [0.15, 0.2) is 0 Å². The smallest absolute Gasteiger partial charge is 0.543 e. The number of nitrogens with one attached hydrogen (secondary N) is 2. The fourth-order valence-electron chi connectivity index (χ4n) is 3.29. The van der Waals surface area contributed by atoms with Crippen LogP contribution in [-0.4, -0.2) is 80.7 Å². The number of carbonyl (C=O) groups excluding carboxylic acids is 2. The summed E-state index contributed by atoms with van der Waals surface area (Å²) in [6, 6.07) is 28.9. The van der Waals surface area contributed by atoms with Gasteiger partial charge < -0.3 is 50.2 Å². The minimum absolute atomic E-state index is 0. The fraction of sp³-hybridized carbons (Fsp3) is 0.125. The third-order valence-electron chi connectivity index (χ3n) is 4.82. The molecule has 5 heterocycles. The molecular formula is C32H35Co2FeN4O8+. The molecule has 0 fully saturated rings. The molecule has 0 aliphatic carbocycles. The maximum Gasteiger partial charge on any atom is 2.00 e. The van der Waals surface area contributed by atoms with Crippen molar-refractivity contribution >= 4 is 58.3 Å². The van der Waals surface area contributed by atoms with Crippen LogP contribution in [0.3, 0.4) is 0 Å². The molecule has 256 valence electrons. The average Bonchev–Trinajstić information content (AvgIpc) is 3.90. The van der Waals surface area contributed by atoms with Gasteiger partial charge in [0.05, 0.1) is 34.7 Å². The molecule has 6 N–H and O–H groups in total. The number of benzene rings is 1. The van der Waals surface area contributed by atoms with Crippen LogP contribution in [0, 0.1) is 6.07 Å². The molecule has 8 bridgehead atoms. The topological polar surface area (TPSA) is 219 Å². The number of hydrogen-bond acceptors (Lipinski definition) is 10.